The second-order valence-corrected chi connectivity index (χ2v) is 8.65. The molecule has 0 amide bonds. The number of aromatic nitrogens is 2. The van der Waals surface area contributed by atoms with Crippen molar-refractivity contribution in [2.45, 2.75) is 39.9 Å². The van der Waals surface area contributed by atoms with Crippen LogP contribution in [0.5, 0.6) is 5.88 Å². The molecular weight excluding hydrogens is 395 g/mol. The Morgan fingerprint density at radius 3 is 2.38 bits per heavy atom. The Hall–Kier alpha value is -2.28. The predicted molar refractivity (Wildman–Crippen MR) is 112 cm³/mol. The Balaban J connectivity index is 1.98. The molecule has 4 N–H and O–H groups in total. The summed E-state index contributed by atoms with van der Waals surface area (Å²) in [6.07, 6.45) is 9.46. The first-order valence-electron chi connectivity index (χ1n) is 9.26. The van der Waals surface area contributed by atoms with Gasteiger partial charge in [0.15, 0.2) is 5.82 Å². The summed E-state index contributed by atoms with van der Waals surface area (Å²) in [6.45, 7) is 7.40. The fourth-order valence-electron chi connectivity index (χ4n) is 2.50. The molecule has 29 heavy (non-hydrogen) atoms. The van der Waals surface area contributed by atoms with Gasteiger partial charge < -0.3 is 30.0 Å². The predicted octanol–water partition coefficient (Wildman–Crippen LogP) is 3.35. The number of rotatable bonds is 11. The van der Waals surface area contributed by atoms with Crippen molar-refractivity contribution in [2.75, 3.05) is 31.0 Å². The lowest BCUT2D eigenvalue weighted by molar-refractivity contribution is 0.0844. The highest BCUT2D eigenvalue weighted by Crippen LogP contribution is 2.50. The fraction of sp³-hybridized carbons (Fsp3) is 0.474. The molecule has 0 saturated heterocycles. The molecule has 1 aliphatic rings. The zero-order chi connectivity index (χ0) is 21.4. The van der Waals surface area contributed by atoms with Crippen LogP contribution in [-0.4, -0.2) is 41.7 Å². The quantitative estimate of drug-likeness (QED) is 0.312. The van der Waals surface area contributed by atoms with E-state index in [9.17, 15) is 4.57 Å². The molecule has 1 aromatic heterocycles. The highest BCUT2D eigenvalue weighted by molar-refractivity contribution is 7.53. The summed E-state index contributed by atoms with van der Waals surface area (Å²) in [5.41, 5.74) is 13.0. The van der Waals surface area contributed by atoms with Crippen LogP contribution in [0, 0.1) is 6.08 Å². The van der Waals surface area contributed by atoms with Crippen LogP contribution < -0.4 is 16.2 Å². The molecule has 0 unspecified atom stereocenters. The van der Waals surface area contributed by atoms with E-state index in [1.165, 1.54) is 0 Å². The number of nitrogens with two attached hydrogens (primary N) is 2. The Labute approximate surface area is 171 Å². The topological polar surface area (TPSA) is 132 Å². The van der Waals surface area contributed by atoms with Gasteiger partial charge in [0, 0.05) is 12.2 Å². The smallest absolute Gasteiger partial charge is 0.356 e. The highest BCUT2D eigenvalue weighted by Gasteiger charge is 2.28. The Morgan fingerprint density at radius 1 is 1.10 bits per heavy atom. The molecule has 0 fully saturated rings. The number of nitrogens with zero attached hydrogens (tertiary/aromatic N) is 2. The molecule has 9 nitrogen and oxygen atoms in total. The van der Waals surface area contributed by atoms with E-state index in [0.717, 1.165) is 5.57 Å². The van der Waals surface area contributed by atoms with Crippen LogP contribution in [0.15, 0.2) is 24.3 Å². The number of nitrogen functional groups attached to an aromatic ring is 2. The highest BCUT2D eigenvalue weighted by atomic mass is 31.2. The van der Waals surface area contributed by atoms with E-state index in [1.54, 1.807) is 39.8 Å². The third kappa shape index (κ3) is 7.24. The summed E-state index contributed by atoms with van der Waals surface area (Å²) in [5.74, 6) is 0.439. The molecule has 0 aromatic carbocycles. The Morgan fingerprint density at radius 2 is 1.79 bits per heavy atom. The average Bonchev–Trinajstić information content (AvgIpc) is 2.60. The first-order valence-corrected chi connectivity index (χ1v) is 11.0. The maximum absolute atomic E-state index is 12.7. The molecule has 0 atom stereocenters. The Bertz CT molecular complexity index is 822. The maximum Gasteiger partial charge on any atom is 0.356 e. The lowest BCUT2D eigenvalue weighted by Gasteiger charge is -2.22. The number of allylic oxidation sites excluding steroid dienone is 6. The third-order valence-corrected chi connectivity index (χ3v) is 5.36. The third-order valence-electron chi connectivity index (χ3n) is 3.38. The van der Waals surface area contributed by atoms with Crippen LogP contribution in [0.25, 0.3) is 5.57 Å². The van der Waals surface area contributed by atoms with Crippen molar-refractivity contribution in [1.82, 2.24) is 9.97 Å². The minimum atomic E-state index is -3.36. The van der Waals surface area contributed by atoms with Crippen molar-refractivity contribution in [2.24, 2.45) is 0 Å². The van der Waals surface area contributed by atoms with Crippen molar-refractivity contribution in [3.8, 4) is 5.88 Å². The van der Waals surface area contributed by atoms with E-state index in [1.807, 2.05) is 12.2 Å². The Kier molecular flexibility index (Phi) is 8.32. The zero-order valence-corrected chi connectivity index (χ0v) is 18.0. The van der Waals surface area contributed by atoms with Gasteiger partial charge in [0.2, 0.25) is 11.8 Å². The second kappa shape index (κ2) is 10.5. The molecule has 2 rings (SSSR count). The molecule has 0 aliphatic heterocycles. The van der Waals surface area contributed by atoms with E-state index in [-0.39, 0.29) is 49.4 Å². The minimum Gasteiger partial charge on any atom is -0.474 e. The molecule has 0 spiro atoms. The molecule has 158 valence electrons. The summed E-state index contributed by atoms with van der Waals surface area (Å²) < 4.78 is 34.8. The second-order valence-electron chi connectivity index (χ2n) is 6.74. The normalized spacial score (nSPS) is 13.7. The van der Waals surface area contributed by atoms with Gasteiger partial charge >= 0.3 is 7.60 Å². The van der Waals surface area contributed by atoms with Crippen molar-refractivity contribution in [1.29, 1.82) is 0 Å². The van der Waals surface area contributed by atoms with E-state index < -0.39 is 7.60 Å². The largest absolute Gasteiger partial charge is 0.474 e. The molecule has 0 saturated carbocycles. The van der Waals surface area contributed by atoms with Crippen LogP contribution in [0.4, 0.5) is 11.8 Å². The van der Waals surface area contributed by atoms with Gasteiger partial charge in [0.25, 0.3) is 0 Å². The van der Waals surface area contributed by atoms with Gasteiger partial charge in [-0.2, -0.15) is 9.97 Å². The van der Waals surface area contributed by atoms with Crippen LogP contribution >= 0.6 is 7.60 Å². The number of hydrogen-bond acceptors (Lipinski definition) is 9. The van der Waals surface area contributed by atoms with Crippen LogP contribution in [0.3, 0.4) is 0 Å². The van der Waals surface area contributed by atoms with Crippen molar-refractivity contribution >= 4 is 24.9 Å². The molecule has 0 bridgehead atoms. The molecule has 10 heteroatoms. The number of hydrogen-bond donors (Lipinski definition) is 2. The SMILES string of the molecule is CC(C)OP(=O)(COCCOc1nc(N)nc(N)c1C1=CC=C[C+]=C1)OC(C)C. The molecule has 1 aromatic rings. The van der Waals surface area contributed by atoms with Crippen molar-refractivity contribution in [3.63, 3.8) is 0 Å². The lowest BCUT2D eigenvalue weighted by Crippen LogP contribution is -2.15. The number of ether oxygens (including phenoxy) is 2. The summed E-state index contributed by atoms with van der Waals surface area (Å²) in [5, 5.41) is 0. The minimum absolute atomic E-state index is 0.00208. The standard InChI is InChI=1S/C19H28N4O5P/c1-13(2)27-29(24,28-14(3)4)12-25-10-11-26-18-16(15-8-6-5-7-9-15)17(20)22-19(21)23-18/h5-6,8-9,13-14H,10-12H2,1-4H3,(H4,20,21,22,23)/q+1. The summed E-state index contributed by atoms with van der Waals surface area (Å²) in [7, 11) is -3.36. The van der Waals surface area contributed by atoms with Crippen LogP contribution in [0.2, 0.25) is 0 Å². The summed E-state index contributed by atoms with van der Waals surface area (Å²) >= 11 is 0. The molecule has 1 aliphatic carbocycles. The van der Waals surface area contributed by atoms with Crippen LogP contribution in [-0.2, 0) is 18.3 Å². The van der Waals surface area contributed by atoms with Gasteiger partial charge in [0.05, 0.1) is 24.9 Å². The molecule has 0 radical (unpaired) electrons. The van der Waals surface area contributed by atoms with E-state index in [2.05, 4.69) is 16.0 Å². The lowest BCUT2D eigenvalue weighted by atomic mass is 10.0. The summed E-state index contributed by atoms with van der Waals surface area (Å²) in [6, 6.07) is 0. The average molecular weight is 423 g/mol. The monoisotopic (exact) mass is 423 g/mol. The van der Waals surface area contributed by atoms with Gasteiger partial charge in [-0.25, -0.2) is 0 Å². The fourth-order valence-corrected chi connectivity index (χ4v) is 4.31. The summed E-state index contributed by atoms with van der Waals surface area (Å²) in [4.78, 5) is 8.12. The van der Waals surface area contributed by atoms with Gasteiger partial charge in [0.1, 0.15) is 36.2 Å². The van der Waals surface area contributed by atoms with Crippen LogP contribution in [0.1, 0.15) is 33.3 Å². The van der Waals surface area contributed by atoms with Gasteiger partial charge in [-0.1, -0.05) is 0 Å². The van der Waals surface area contributed by atoms with E-state index in [0.29, 0.717) is 5.56 Å². The zero-order valence-electron chi connectivity index (χ0n) is 17.1. The van der Waals surface area contributed by atoms with Gasteiger partial charge in [-0.15, -0.1) is 0 Å². The van der Waals surface area contributed by atoms with E-state index >= 15 is 0 Å². The first-order chi connectivity index (χ1) is 13.7. The van der Waals surface area contributed by atoms with Gasteiger partial charge in [-0.05, 0) is 27.7 Å². The van der Waals surface area contributed by atoms with Gasteiger partial charge in [-0.3, -0.25) is 4.57 Å². The first kappa shape index (κ1) is 23.0. The molecule has 1 heterocycles. The number of anilines is 2. The van der Waals surface area contributed by atoms with Crippen molar-refractivity contribution < 1.29 is 23.1 Å². The van der Waals surface area contributed by atoms with E-state index in [4.69, 9.17) is 30.0 Å². The molecular formula is C19H28N4O5P+. The van der Waals surface area contributed by atoms with Crippen molar-refractivity contribution in [3.05, 3.63) is 35.9 Å². The maximum atomic E-state index is 12.7.